The van der Waals surface area contributed by atoms with Gasteiger partial charge in [0.15, 0.2) is 5.78 Å². The fourth-order valence-corrected chi connectivity index (χ4v) is 2.05. The molecule has 22 heavy (non-hydrogen) atoms. The van der Waals surface area contributed by atoms with E-state index in [1.165, 1.54) is 19.2 Å². The van der Waals surface area contributed by atoms with E-state index in [2.05, 4.69) is 15.8 Å². The Morgan fingerprint density at radius 1 is 1.00 bits per heavy atom. The summed E-state index contributed by atoms with van der Waals surface area (Å²) in [5.74, 6) is -1.07. The number of hydrogen-bond acceptors (Lipinski definition) is 3. The van der Waals surface area contributed by atoms with Gasteiger partial charge in [-0.25, -0.2) is 0 Å². The number of aryl methyl sites for hydroxylation is 2. The number of rotatable bonds is 3. The average molecular weight is 299 g/mol. The van der Waals surface area contributed by atoms with Gasteiger partial charge in [0.2, 0.25) is 0 Å². The maximum absolute atomic E-state index is 12.0. The van der Waals surface area contributed by atoms with E-state index < -0.39 is 11.8 Å². The number of amides is 2. The molecule has 0 aliphatic carbocycles. The first-order valence-corrected chi connectivity index (χ1v) is 6.76. The second-order valence-corrected chi connectivity index (χ2v) is 5.08. The maximum atomic E-state index is 12.0. The SMILES string of the molecule is CC(=O)c1c[nH]c(C(=O)NNC(=O)c2ccc(C)cc2C)c1. The van der Waals surface area contributed by atoms with Gasteiger partial charge in [0.25, 0.3) is 11.8 Å². The molecule has 2 aromatic rings. The molecule has 0 aliphatic rings. The molecule has 0 saturated carbocycles. The lowest BCUT2D eigenvalue weighted by Gasteiger charge is -2.09. The average Bonchev–Trinajstić information content (AvgIpc) is 2.94. The maximum Gasteiger partial charge on any atom is 0.286 e. The molecule has 1 aromatic heterocycles. The van der Waals surface area contributed by atoms with E-state index in [9.17, 15) is 14.4 Å². The van der Waals surface area contributed by atoms with E-state index in [1.54, 1.807) is 6.07 Å². The summed E-state index contributed by atoms with van der Waals surface area (Å²) in [5, 5.41) is 0. The molecule has 0 unspecified atom stereocenters. The van der Waals surface area contributed by atoms with E-state index in [4.69, 9.17) is 0 Å². The third kappa shape index (κ3) is 3.41. The van der Waals surface area contributed by atoms with Crippen molar-refractivity contribution < 1.29 is 14.4 Å². The van der Waals surface area contributed by atoms with Crippen LogP contribution in [0.5, 0.6) is 0 Å². The monoisotopic (exact) mass is 299 g/mol. The van der Waals surface area contributed by atoms with Crippen molar-refractivity contribution in [3.8, 4) is 0 Å². The molecule has 0 bridgehead atoms. The molecular formula is C16H17N3O3. The van der Waals surface area contributed by atoms with Crippen LogP contribution in [0.1, 0.15) is 49.3 Å². The Labute approximate surface area is 127 Å². The molecule has 1 heterocycles. The Bertz CT molecular complexity index is 747. The number of nitrogens with one attached hydrogen (secondary N) is 3. The van der Waals surface area contributed by atoms with Crippen LogP contribution < -0.4 is 10.9 Å². The second-order valence-electron chi connectivity index (χ2n) is 5.08. The molecule has 0 atom stereocenters. The van der Waals surface area contributed by atoms with Gasteiger partial charge in [-0.2, -0.15) is 0 Å². The van der Waals surface area contributed by atoms with Gasteiger partial charge in [-0.1, -0.05) is 17.7 Å². The number of hydrogen-bond donors (Lipinski definition) is 3. The van der Waals surface area contributed by atoms with E-state index in [-0.39, 0.29) is 11.5 Å². The topological polar surface area (TPSA) is 91.1 Å². The molecule has 0 saturated heterocycles. The number of carbonyl (C=O) groups is 3. The molecule has 2 amide bonds. The lowest BCUT2D eigenvalue weighted by molar-refractivity contribution is 0.0844. The highest BCUT2D eigenvalue weighted by Gasteiger charge is 2.13. The number of ketones is 1. The van der Waals surface area contributed by atoms with Crippen LogP contribution in [-0.2, 0) is 0 Å². The van der Waals surface area contributed by atoms with Crippen molar-refractivity contribution in [2.24, 2.45) is 0 Å². The Kier molecular flexibility index (Phi) is 4.41. The molecule has 0 fully saturated rings. The predicted octanol–water partition coefficient (Wildman–Crippen LogP) is 1.91. The molecule has 0 aliphatic heterocycles. The minimum atomic E-state index is -0.523. The van der Waals surface area contributed by atoms with Crippen LogP contribution in [0.15, 0.2) is 30.5 Å². The van der Waals surface area contributed by atoms with Gasteiger partial charge in [0.05, 0.1) is 0 Å². The Morgan fingerprint density at radius 3 is 2.27 bits per heavy atom. The normalized spacial score (nSPS) is 10.1. The van der Waals surface area contributed by atoms with Gasteiger partial charge in [0.1, 0.15) is 5.69 Å². The third-order valence-electron chi connectivity index (χ3n) is 3.25. The van der Waals surface area contributed by atoms with Crippen molar-refractivity contribution in [1.82, 2.24) is 15.8 Å². The summed E-state index contributed by atoms with van der Waals surface area (Å²) in [5.41, 5.74) is 7.64. The first kappa shape index (κ1) is 15.5. The predicted molar refractivity (Wildman–Crippen MR) is 81.6 cm³/mol. The molecule has 1 aromatic carbocycles. The smallest absolute Gasteiger partial charge is 0.286 e. The van der Waals surface area contributed by atoms with Crippen molar-refractivity contribution in [3.05, 3.63) is 58.4 Å². The molecule has 114 valence electrons. The van der Waals surface area contributed by atoms with Gasteiger partial charge >= 0.3 is 0 Å². The standard InChI is InChI=1S/C16H17N3O3/c1-9-4-5-13(10(2)6-9)15(21)18-19-16(22)14-7-12(8-17-14)11(3)20/h4-8,17H,1-3H3,(H,18,21)(H,19,22). The summed E-state index contributed by atoms with van der Waals surface area (Å²) in [6.07, 6.45) is 1.45. The largest absolute Gasteiger partial charge is 0.356 e. The minimum Gasteiger partial charge on any atom is -0.356 e. The lowest BCUT2D eigenvalue weighted by atomic mass is 10.1. The molecule has 0 spiro atoms. The zero-order valence-electron chi connectivity index (χ0n) is 12.6. The zero-order valence-corrected chi connectivity index (χ0v) is 12.6. The molecule has 3 N–H and O–H groups in total. The van der Waals surface area contributed by atoms with Gasteiger partial charge in [-0.3, -0.25) is 25.2 Å². The van der Waals surface area contributed by atoms with Crippen LogP contribution in [0.3, 0.4) is 0 Å². The molecule has 0 radical (unpaired) electrons. The van der Waals surface area contributed by atoms with E-state index >= 15 is 0 Å². The summed E-state index contributed by atoms with van der Waals surface area (Å²) in [6.45, 7) is 5.18. The highest BCUT2D eigenvalue weighted by atomic mass is 16.2. The van der Waals surface area contributed by atoms with Crippen molar-refractivity contribution in [1.29, 1.82) is 0 Å². The van der Waals surface area contributed by atoms with Gasteiger partial charge in [-0.15, -0.1) is 0 Å². The van der Waals surface area contributed by atoms with Gasteiger partial charge in [-0.05, 0) is 38.5 Å². The summed E-state index contributed by atoms with van der Waals surface area (Å²) in [4.78, 5) is 37.8. The van der Waals surface area contributed by atoms with Gasteiger partial charge < -0.3 is 4.98 Å². The van der Waals surface area contributed by atoms with Crippen molar-refractivity contribution in [3.63, 3.8) is 0 Å². The number of Topliss-reactive ketones (excluding diaryl/α,β-unsaturated/α-hetero) is 1. The molecular weight excluding hydrogens is 282 g/mol. The van der Waals surface area contributed by atoms with E-state index in [1.807, 2.05) is 26.0 Å². The number of hydrazine groups is 1. The Balaban J connectivity index is 2.01. The third-order valence-corrected chi connectivity index (χ3v) is 3.25. The minimum absolute atomic E-state index is 0.144. The van der Waals surface area contributed by atoms with Crippen molar-refractivity contribution >= 4 is 17.6 Å². The van der Waals surface area contributed by atoms with Crippen LogP contribution in [0.4, 0.5) is 0 Å². The van der Waals surface area contributed by atoms with Crippen molar-refractivity contribution in [2.45, 2.75) is 20.8 Å². The Morgan fingerprint density at radius 2 is 1.68 bits per heavy atom. The first-order valence-electron chi connectivity index (χ1n) is 6.76. The van der Waals surface area contributed by atoms with Crippen LogP contribution in [0.2, 0.25) is 0 Å². The quantitative estimate of drug-likeness (QED) is 0.597. The van der Waals surface area contributed by atoms with E-state index in [0.717, 1.165) is 11.1 Å². The highest BCUT2D eigenvalue weighted by molar-refractivity contribution is 6.01. The number of carbonyl (C=O) groups excluding carboxylic acids is 3. The summed E-state index contributed by atoms with van der Waals surface area (Å²) < 4.78 is 0. The van der Waals surface area contributed by atoms with Crippen molar-refractivity contribution in [2.75, 3.05) is 0 Å². The Hall–Kier alpha value is -2.89. The van der Waals surface area contributed by atoms with Crippen LogP contribution in [0.25, 0.3) is 0 Å². The number of aromatic nitrogens is 1. The highest BCUT2D eigenvalue weighted by Crippen LogP contribution is 2.10. The summed E-state index contributed by atoms with van der Waals surface area (Å²) in [7, 11) is 0. The zero-order chi connectivity index (χ0) is 16.3. The first-order chi connectivity index (χ1) is 10.4. The number of aromatic amines is 1. The molecule has 6 nitrogen and oxygen atoms in total. The summed E-state index contributed by atoms with van der Waals surface area (Å²) in [6, 6.07) is 6.85. The fraction of sp³-hybridized carbons (Fsp3) is 0.188. The van der Waals surface area contributed by atoms with Crippen LogP contribution >= 0.6 is 0 Å². The summed E-state index contributed by atoms with van der Waals surface area (Å²) >= 11 is 0. The van der Waals surface area contributed by atoms with Gasteiger partial charge in [0, 0.05) is 17.3 Å². The molecule has 6 heteroatoms. The fourth-order valence-electron chi connectivity index (χ4n) is 2.05. The molecule has 2 rings (SSSR count). The lowest BCUT2D eigenvalue weighted by Crippen LogP contribution is -2.42. The number of benzene rings is 1. The number of H-pyrrole nitrogens is 1. The van der Waals surface area contributed by atoms with E-state index in [0.29, 0.717) is 11.1 Å². The van der Waals surface area contributed by atoms with Crippen LogP contribution in [0, 0.1) is 13.8 Å². The van der Waals surface area contributed by atoms with Crippen LogP contribution in [-0.4, -0.2) is 22.6 Å². The second kappa shape index (κ2) is 6.26.